The van der Waals surface area contributed by atoms with Gasteiger partial charge in [0, 0.05) is 33.4 Å². The molecule has 1 aromatic carbocycles. The van der Waals surface area contributed by atoms with Gasteiger partial charge in [-0.15, -0.1) is 0 Å². The minimum atomic E-state index is -3.45. The number of amides is 1. The van der Waals surface area contributed by atoms with Crippen LogP contribution in [0.15, 0.2) is 36.0 Å². The summed E-state index contributed by atoms with van der Waals surface area (Å²) >= 11 is 0. The zero-order chi connectivity index (χ0) is 19.0. The number of para-hydroxylation sites is 1. The molecule has 0 saturated carbocycles. The van der Waals surface area contributed by atoms with Gasteiger partial charge >= 0.3 is 0 Å². The maximum Gasteiger partial charge on any atom is 0.238 e. The number of unbranched alkanes of at least 4 members (excludes halogenated alkanes) is 3. The number of carbonyl (C=O) groups is 1. The number of fused-ring (bicyclic) bond motifs is 1. The first-order valence-electron chi connectivity index (χ1n) is 8.97. The molecule has 7 heteroatoms. The molecule has 0 fully saturated rings. The van der Waals surface area contributed by atoms with E-state index in [4.69, 9.17) is 4.74 Å². The van der Waals surface area contributed by atoms with Crippen molar-refractivity contribution in [2.45, 2.75) is 39.0 Å². The van der Waals surface area contributed by atoms with Crippen molar-refractivity contribution in [3.8, 4) is 0 Å². The zero-order valence-corrected chi connectivity index (χ0v) is 16.3. The van der Waals surface area contributed by atoms with E-state index in [1.807, 2.05) is 24.3 Å². The molecule has 0 bridgehead atoms. The minimum absolute atomic E-state index is 0.109. The number of sulfonamides is 1. The number of nitrogens with one attached hydrogen (secondary N) is 1. The Morgan fingerprint density at radius 1 is 1.19 bits per heavy atom. The van der Waals surface area contributed by atoms with E-state index in [1.54, 1.807) is 13.3 Å². The number of anilines is 1. The van der Waals surface area contributed by atoms with Crippen molar-refractivity contribution in [2.75, 3.05) is 30.3 Å². The van der Waals surface area contributed by atoms with Gasteiger partial charge in [0.25, 0.3) is 0 Å². The lowest BCUT2D eigenvalue weighted by Gasteiger charge is -2.29. The second-order valence-corrected chi connectivity index (χ2v) is 8.49. The Hall–Kier alpha value is -1.86. The van der Waals surface area contributed by atoms with Crippen molar-refractivity contribution in [3.63, 3.8) is 0 Å². The van der Waals surface area contributed by atoms with Crippen LogP contribution in [0.1, 0.15) is 38.2 Å². The van der Waals surface area contributed by atoms with Crippen molar-refractivity contribution >= 4 is 21.6 Å². The molecule has 0 aromatic heterocycles. The smallest absolute Gasteiger partial charge is 0.238 e. The van der Waals surface area contributed by atoms with Crippen LogP contribution in [0.5, 0.6) is 0 Å². The Bertz CT molecular complexity index is 744. The normalized spacial score (nSPS) is 13.9. The van der Waals surface area contributed by atoms with E-state index in [2.05, 4.69) is 5.32 Å². The zero-order valence-electron chi connectivity index (χ0n) is 15.5. The highest BCUT2D eigenvalue weighted by molar-refractivity contribution is 7.92. The molecule has 1 N–H and O–H groups in total. The second kappa shape index (κ2) is 9.73. The number of hydrogen-bond acceptors (Lipinski definition) is 4. The van der Waals surface area contributed by atoms with Gasteiger partial charge in [0.15, 0.2) is 0 Å². The van der Waals surface area contributed by atoms with Crippen molar-refractivity contribution in [2.24, 2.45) is 0 Å². The van der Waals surface area contributed by atoms with Crippen LogP contribution in [0.25, 0.3) is 0 Å². The van der Waals surface area contributed by atoms with Crippen molar-refractivity contribution in [3.05, 3.63) is 41.6 Å². The molecule has 1 aromatic rings. The molecule has 0 aliphatic carbocycles. The fourth-order valence-corrected chi connectivity index (χ4v) is 4.51. The van der Waals surface area contributed by atoms with Crippen molar-refractivity contribution < 1.29 is 17.9 Å². The topological polar surface area (TPSA) is 75.7 Å². The average Bonchev–Trinajstić information content (AvgIpc) is 2.62. The van der Waals surface area contributed by atoms with E-state index in [1.165, 1.54) is 11.2 Å². The predicted molar refractivity (Wildman–Crippen MR) is 104 cm³/mol. The first kappa shape index (κ1) is 20.5. The van der Waals surface area contributed by atoms with Gasteiger partial charge in [-0.05, 0) is 36.5 Å². The van der Waals surface area contributed by atoms with Crippen LogP contribution in [-0.2, 0) is 26.0 Å². The highest BCUT2D eigenvalue weighted by Gasteiger charge is 2.26. The summed E-state index contributed by atoms with van der Waals surface area (Å²) in [5, 5.41) is 2.75. The number of benzene rings is 1. The van der Waals surface area contributed by atoms with E-state index in [9.17, 15) is 13.2 Å². The van der Waals surface area contributed by atoms with Crippen LogP contribution in [0.4, 0.5) is 5.69 Å². The molecule has 6 nitrogen and oxygen atoms in total. The number of nitrogens with zero attached hydrogens (tertiary/aromatic N) is 1. The molecule has 2 rings (SSSR count). The van der Waals surface area contributed by atoms with Gasteiger partial charge in [0.2, 0.25) is 15.9 Å². The summed E-state index contributed by atoms with van der Waals surface area (Å²) in [7, 11) is -1.78. The Morgan fingerprint density at radius 2 is 1.92 bits per heavy atom. The molecule has 144 valence electrons. The first-order chi connectivity index (χ1) is 12.4. The van der Waals surface area contributed by atoms with Gasteiger partial charge in [0.1, 0.15) is 0 Å². The van der Waals surface area contributed by atoms with Crippen molar-refractivity contribution in [1.29, 1.82) is 0 Å². The van der Waals surface area contributed by atoms with Crippen LogP contribution in [0, 0.1) is 0 Å². The molecule has 0 saturated heterocycles. The van der Waals surface area contributed by atoms with E-state index >= 15 is 0 Å². The lowest BCUT2D eigenvalue weighted by Crippen LogP contribution is -2.33. The standard InChI is InChI=1S/C19H28N2O4S/c1-16(22)20-14-17-13-18-9-5-6-10-19(18)21(15-17)26(23,24)12-8-4-3-7-11-25-2/h5-6,9-10,15H,3-4,7-8,11-14H2,1-2H3,(H,20,22). The van der Waals surface area contributed by atoms with Crippen LogP contribution in [-0.4, -0.2) is 40.3 Å². The monoisotopic (exact) mass is 380 g/mol. The number of hydrogen-bond donors (Lipinski definition) is 1. The van der Waals surface area contributed by atoms with Crippen LogP contribution >= 0.6 is 0 Å². The van der Waals surface area contributed by atoms with E-state index < -0.39 is 10.0 Å². The van der Waals surface area contributed by atoms with E-state index in [0.29, 0.717) is 31.7 Å². The predicted octanol–water partition coefficient (Wildman–Crippen LogP) is 2.61. The number of methoxy groups -OCH3 is 1. The van der Waals surface area contributed by atoms with Crippen LogP contribution in [0.2, 0.25) is 0 Å². The summed E-state index contributed by atoms with van der Waals surface area (Å²) in [5.74, 6) is -0.0201. The van der Waals surface area contributed by atoms with Gasteiger partial charge in [-0.25, -0.2) is 12.7 Å². The number of rotatable bonds is 10. The third-order valence-corrected chi connectivity index (χ3v) is 6.02. The maximum absolute atomic E-state index is 12.9. The molecular weight excluding hydrogens is 352 g/mol. The quantitative estimate of drug-likeness (QED) is 0.633. The van der Waals surface area contributed by atoms with Gasteiger partial charge < -0.3 is 10.1 Å². The number of ether oxygens (including phenoxy) is 1. The second-order valence-electron chi connectivity index (χ2n) is 6.52. The SMILES string of the molecule is COCCCCCCS(=O)(=O)N1C=C(CNC(C)=O)Cc2ccccc21. The molecule has 26 heavy (non-hydrogen) atoms. The fraction of sp³-hybridized carbons (Fsp3) is 0.526. The minimum Gasteiger partial charge on any atom is -0.385 e. The Balaban J connectivity index is 2.09. The number of carbonyl (C=O) groups excluding carboxylic acids is 1. The average molecular weight is 381 g/mol. The summed E-state index contributed by atoms with van der Waals surface area (Å²) in [5.41, 5.74) is 2.54. The summed E-state index contributed by atoms with van der Waals surface area (Å²) in [4.78, 5) is 11.2. The molecule has 1 aliphatic heterocycles. The van der Waals surface area contributed by atoms with E-state index in [-0.39, 0.29) is 11.7 Å². The maximum atomic E-state index is 12.9. The molecule has 1 aliphatic rings. The summed E-state index contributed by atoms with van der Waals surface area (Å²) < 4.78 is 32.2. The molecule has 0 spiro atoms. The first-order valence-corrected chi connectivity index (χ1v) is 10.6. The Morgan fingerprint density at radius 3 is 2.65 bits per heavy atom. The van der Waals surface area contributed by atoms with Crippen LogP contribution < -0.4 is 9.62 Å². The molecule has 0 atom stereocenters. The van der Waals surface area contributed by atoms with Gasteiger partial charge in [-0.3, -0.25) is 4.79 Å². The lowest BCUT2D eigenvalue weighted by molar-refractivity contribution is -0.118. The largest absolute Gasteiger partial charge is 0.385 e. The highest BCUT2D eigenvalue weighted by atomic mass is 32.2. The fourth-order valence-electron chi connectivity index (χ4n) is 2.96. The molecule has 0 unspecified atom stereocenters. The van der Waals surface area contributed by atoms with Crippen molar-refractivity contribution in [1.82, 2.24) is 5.32 Å². The molecule has 1 heterocycles. The lowest BCUT2D eigenvalue weighted by atomic mass is 10.0. The van der Waals surface area contributed by atoms with Crippen LogP contribution in [0.3, 0.4) is 0 Å². The van der Waals surface area contributed by atoms with Gasteiger partial charge in [-0.1, -0.05) is 31.0 Å². The Labute approximate surface area is 156 Å². The van der Waals surface area contributed by atoms with Gasteiger partial charge in [0.05, 0.1) is 11.4 Å². The highest BCUT2D eigenvalue weighted by Crippen LogP contribution is 2.31. The molecular formula is C19H28N2O4S. The molecule has 0 radical (unpaired) electrons. The Kier molecular flexibility index (Phi) is 7.66. The van der Waals surface area contributed by atoms with Gasteiger partial charge in [-0.2, -0.15) is 0 Å². The summed E-state index contributed by atoms with van der Waals surface area (Å²) in [6.45, 7) is 2.52. The molecule has 1 amide bonds. The summed E-state index contributed by atoms with van der Waals surface area (Å²) in [6.07, 6.45) is 5.70. The van der Waals surface area contributed by atoms with E-state index in [0.717, 1.165) is 30.4 Å². The summed E-state index contributed by atoms with van der Waals surface area (Å²) in [6, 6.07) is 7.51. The third kappa shape index (κ3) is 5.85. The third-order valence-electron chi connectivity index (χ3n) is 4.31.